The van der Waals surface area contributed by atoms with Crippen molar-refractivity contribution >= 4 is 10.0 Å². The molecule has 0 aliphatic heterocycles. The predicted octanol–water partition coefficient (Wildman–Crippen LogP) is 0.261. The molecular formula is C11H22N4O2S. The van der Waals surface area contributed by atoms with Gasteiger partial charge < -0.3 is 10.3 Å². The monoisotopic (exact) mass is 274 g/mol. The fourth-order valence-electron chi connectivity index (χ4n) is 1.55. The number of hydrogen-bond acceptors (Lipinski definition) is 4. The van der Waals surface area contributed by atoms with Crippen LogP contribution in [-0.2, 0) is 16.4 Å². The van der Waals surface area contributed by atoms with Crippen LogP contribution in [0.4, 0.5) is 0 Å². The van der Waals surface area contributed by atoms with Crippen LogP contribution >= 0.6 is 0 Å². The Hall–Kier alpha value is -0.920. The first-order chi connectivity index (χ1) is 8.64. The van der Waals surface area contributed by atoms with Crippen LogP contribution in [-0.4, -0.2) is 43.8 Å². The molecule has 0 aliphatic carbocycles. The molecule has 0 saturated heterocycles. The summed E-state index contributed by atoms with van der Waals surface area (Å²) in [5.41, 5.74) is 0.935. The molecule has 3 N–H and O–H groups in total. The largest absolute Gasteiger partial charge is 0.348 e. The molecule has 6 nitrogen and oxygen atoms in total. The van der Waals surface area contributed by atoms with Crippen LogP contribution in [0, 0.1) is 0 Å². The average Bonchev–Trinajstić information content (AvgIpc) is 2.81. The summed E-state index contributed by atoms with van der Waals surface area (Å²) in [5, 5.41) is 3.17. The highest BCUT2D eigenvalue weighted by atomic mass is 32.2. The number of H-pyrrole nitrogens is 1. The molecule has 0 amide bonds. The van der Waals surface area contributed by atoms with E-state index in [0.29, 0.717) is 19.4 Å². The molecule has 0 unspecified atom stereocenters. The lowest BCUT2D eigenvalue weighted by Gasteiger charge is -2.06. The molecule has 0 atom stereocenters. The predicted molar refractivity (Wildman–Crippen MR) is 71.9 cm³/mol. The molecule has 0 bridgehead atoms. The molecule has 104 valence electrons. The number of imidazole rings is 1. The molecule has 0 radical (unpaired) electrons. The van der Waals surface area contributed by atoms with Crippen LogP contribution in [0.1, 0.15) is 25.5 Å². The third-order valence-corrected chi connectivity index (χ3v) is 4.01. The van der Waals surface area contributed by atoms with Crippen molar-refractivity contribution in [3.8, 4) is 0 Å². The molecule has 1 aromatic heterocycles. The Morgan fingerprint density at radius 1 is 1.33 bits per heavy atom. The normalized spacial score (nSPS) is 11.8. The van der Waals surface area contributed by atoms with Gasteiger partial charge in [-0.2, -0.15) is 0 Å². The van der Waals surface area contributed by atoms with Crippen LogP contribution in [0.15, 0.2) is 12.5 Å². The summed E-state index contributed by atoms with van der Waals surface area (Å²) in [6, 6.07) is 0. The Labute approximate surface area is 109 Å². The third-order valence-electron chi connectivity index (χ3n) is 2.54. The van der Waals surface area contributed by atoms with Crippen LogP contribution in [0.2, 0.25) is 0 Å². The van der Waals surface area contributed by atoms with Gasteiger partial charge in [-0.3, -0.25) is 0 Å². The maximum absolute atomic E-state index is 11.6. The summed E-state index contributed by atoms with van der Waals surface area (Å²) in [7, 11) is -3.13. The highest BCUT2D eigenvalue weighted by Gasteiger charge is 2.08. The molecular weight excluding hydrogens is 252 g/mol. The van der Waals surface area contributed by atoms with Crippen LogP contribution < -0.4 is 10.0 Å². The first-order valence-electron chi connectivity index (χ1n) is 6.29. The van der Waals surface area contributed by atoms with Gasteiger partial charge in [0.25, 0.3) is 0 Å². The standard InChI is InChI=1S/C11H22N4O2S/c1-2-12-6-3-4-8-18(16,17)15-7-5-11-9-13-10-14-11/h9-10,12,15H,2-8H2,1H3,(H,13,14). The number of nitrogens with one attached hydrogen (secondary N) is 3. The number of unbranched alkanes of at least 4 members (excludes halogenated alkanes) is 1. The minimum atomic E-state index is -3.13. The second-order valence-electron chi connectivity index (χ2n) is 4.10. The van der Waals surface area contributed by atoms with Gasteiger partial charge in [-0.15, -0.1) is 0 Å². The summed E-state index contributed by atoms with van der Waals surface area (Å²) in [4.78, 5) is 6.81. The summed E-state index contributed by atoms with van der Waals surface area (Å²) in [6.45, 7) is 4.25. The molecule has 7 heteroatoms. The first kappa shape index (κ1) is 15.1. The summed E-state index contributed by atoms with van der Waals surface area (Å²) in [5.74, 6) is 0.196. The van der Waals surface area contributed by atoms with E-state index in [-0.39, 0.29) is 5.75 Å². The van der Waals surface area contributed by atoms with Crippen LogP contribution in [0.3, 0.4) is 0 Å². The zero-order valence-corrected chi connectivity index (χ0v) is 11.6. The number of hydrogen-bond donors (Lipinski definition) is 3. The van der Waals surface area contributed by atoms with Crippen molar-refractivity contribution in [3.05, 3.63) is 18.2 Å². The lowest BCUT2D eigenvalue weighted by atomic mass is 10.3. The molecule has 1 aromatic rings. The molecule has 0 spiro atoms. The van der Waals surface area contributed by atoms with E-state index in [1.54, 1.807) is 12.5 Å². The molecule has 0 fully saturated rings. The van der Waals surface area contributed by atoms with Crippen molar-refractivity contribution in [2.24, 2.45) is 0 Å². The lowest BCUT2D eigenvalue weighted by Crippen LogP contribution is -2.28. The van der Waals surface area contributed by atoms with E-state index >= 15 is 0 Å². The quantitative estimate of drug-likeness (QED) is 0.534. The zero-order chi connectivity index (χ0) is 13.3. The minimum Gasteiger partial charge on any atom is -0.348 e. The van der Waals surface area contributed by atoms with Gasteiger partial charge in [0, 0.05) is 24.9 Å². The molecule has 1 rings (SSSR count). The van der Waals surface area contributed by atoms with Crippen molar-refractivity contribution in [2.45, 2.75) is 26.2 Å². The summed E-state index contributed by atoms with van der Waals surface area (Å²) >= 11 is 0. The van der Waals surface area contributed by atoms with E-state index in [1.165, 1.54) is 0 Å². The smallest absolute Gasteiger partial charge is 0.211 e. The SMILES string of the molecule is CCNCCCCS(=O)(=O)NCCc1cnc[nH]1. The molecule has 0 aliphatic rings. The third kappa shape index (κ3) is 6.73. The number of rotatable bonds is 10. The molecule has 18 heavy (non-hydrogen) atoms. The Bertz CT molecular complexity index is 403. The Morgan fingerprint density at radius 2 is 2.17 bits per heavy atom. The molecule has 1 heterocycles. The van der Waals surface area contributed by atoms with Gasteiger partial charge in [0.05, 0.1) is 12.1 Å². The van der Waals surface area contributed by atoms with Gasteiger partial charge in [-0.1, -0.05) is 6.92 Å². The Balaban J connectivity index is 2.11. The fraction of sp³-hybridized carbons (Fsp3) is 0.727. The zero-order valence-electron chi connectivity index (χ0n) is 10.8. The van der Waals surface area contributed by atoms with Crippen molar-refractivity contribution in [1.29, 1.82) is 0 Å². The number of nitrogens with zero attached hydrogens (tertiary/aromatic N) is 1. The Kier molecular flexibility index (Phi) is 6.92. The van der Waals surface area contributed by atoms with Gasteiger partial charge in [0.15, 0.2) is 0 Å². The number of aromatic nitrogens is 2. The van der Waals surface area contributed by atoms with Crippen molar-refractivity contribution in [2.75, 3.05) is 25.4 Å². The second kappa shape index (κ2) is 8.23. The second-order valence-corrected chi connectivity index (χ2v) is 6.03. The first-order valence-corrected chi connectivity index (χ1v) is 7.94. The highest BCUT2D eigenvalue weighted by molar-refractivity contribution is 7.89. The number of sulfonamides is 1. The maximum atomic E-state index is 11.6. The highest BCUT2D eigenvalue weighted by Crippen LogP contribution is 1.96. The van der Waals surface area contributed by atoms with Gasteiger partial charge in [-0.05, 0) is 25.9 Å². The van der Waals surface area contributed by atoms with Crippen LogP contribution in [0.25, 0.3) is 0 Å². The van der Waals surface area contributed by atoms with E-state index < -0.39 is 10.0 Å². The van der Waals surface area contributed by atoms with E-state index in [2.05, 4.69) is 20.0 Å². The van der Waals surface area contributed by atoms with Gasteiger partial charge >= 0.3 is 0 Å². The molecule has 0 saturated carbocycles. The van der Waals surface area contributed by atoms with E-state index in [0.717, 1.165) is 25.2 Å². The summed E-state index contributed by atoms with van der Waals surface area (Å²) < 4.78 is 25.9. The topological polar surface area (TPSA) is 86.9 Å². The van der Waals surface area contributed by atoms with Gasteiger partial charge in [-0.25, -0.2) is 18.1 Å². The number of aromatic amines is 1. The van der Waals surface area contributed by atoms with Crippen LogP contribution in [0.5, 0.6) is 0 Å². The van der Waals surface area contributed by atoms with Crippen molar-refractivity contribution in [1.82, 2.24) is 20.0 Å². The van der Waals surface area contributed by atoms with E-state index in [4.69, 9.17) is 0 Å². The van der Waals surface area contributed by atoms with Crippen molar-refractivity contribution in [3.63, 3.8) is 0 Å². The molecule has 0 aromatic carbocycles. The van der Waals surface area contributed by atoms with E-state index in [9.17, 15) is 8.42 Å². The fourth-order valence-corrected chi connectivity index (χ4v) is 2.70. The van der Waals surface area contributed by atoms with Gasteiger partial charge in [0.2, 0.25) is 10.0 Å². The summed E-state index contributed by atoms with van der Waals surface area (Å²) in [6.07, 6.45) is 5.49. The van der Waals surface area contributed by atoms with Gasteiger partial charge in [0.1, 0.15) is 0 Å². The minimum absolute atomic E-state index is 0.196. The average molecular weight is 274 g/mol. The van der Waals surface area contributed by atoms with E-state index in [1.807, 2.05) is 6.92 Å². The lowest BCUT2D eigenvalue weighted by molar-refractivity contribution is 0.574. The maximum Gasteiger partial charge on any atom is 0.211 e. The Morgan fingerprint density at radius 3 is 2.83 bits per heavy atom. The van der Waals surface area contributed by atoms with Crippen molar-refractivity contribution < 1.29 is 8.42 Å².